The first kappa shape index (κ1) is 22.4. The van der Waals surface area contributed by atoms with Crippen LogP contribution in [0, 0.1) is 12.8 Å². The molecular formula is C23H26N4O3S. The number of rotatable bonds is 4. The van der Waals surface area contributed by atoms with E-state index < -0.39 is 5.91 Å². The molecule has 0 radical (unpaired) electrons. The van der Waals surface area contributed by atoms with Crippen molar-refractivity contribution < 1.29 is 14.4 Å². The second-order valence-corrected chi connectivity index (χ2v) is 8.04. The summed E-state index contributed by atoms with van der Waals surface area (Å²) in [6, 6.07) is 13.7. The van der Waals surface area contributed by atoms with E-state index in [1.165, 1.54) is 6.42 Å². The highest BCUT2D eigenvalue weighted by Crippen LogP contribution is 2.25. The Bertz CT molecular complexity index is 969. The second-order valence-electron chi connectivity index (χ2n) is 7.63. The number of amides is 3. The van der Waals surface area contributed by atoms with E-state index in [4.69, 9.17) is 12.2 Å². The number of hydrogen-bond donors (Lipinski definition) is 4. The van der Waals surface area contributed by atoms with E-state index in [1.807, 2.05) is 13.0 Å². The van der Waals surface area contributed by atoms with Gasteiger partial charge in [0.15, 0.2) is 5.11 Å². The minimum Gasteiger partial charge on any atom is -0.326 e. The molecule has 0 spiro atoms. The van der Waals surface area contributed by atoms with Crippen LogP contribution in [0.1, 0.15) is 58.4 Å². The smallest absolute Gasteiger partial charge is 0.269 e. The summed E-state index contributed by atoms with van der Waals surface area (Å²) in [6.45, 7) is 1.89. The highest BCUT2D eigenvalue weighted by Gasteiger charge is 2.21. The molecule has 1 aliphatic rings. The molecule has 31 heavy (non-hydrogen) atoms. The molecule has 1 aliphatic carbocycles. The third kappa shape index (κ3) is 6.62. The van der Waals surface area contributed by atoms with Crippen LogP contribution in [-0.2, 0) is 4.79 Å². The van der Waals surface area contributed by atoms with Crippen molar-refractivity contribution in [2.24, 2.45) is 5.92 Å². The minimum absolute atomic E-state index is 0.0174. The molecule has 7 nitrogen and oxygen atoms in total. The maximum Gasteiger partial charge on any atom is 0.269 e. The van der Waals surface area contributed by atoms with Crippen LogP contribution in [0.3, 0.4) is 0 Å². The van der Waals surface area contributed by atoms with E-state index in [2.05, 4.69) is 21.5 Å². The Hall–Kier alpha value is -3.26. The lowest BCUT2D eigenvalue weighted by Gasteiger charge is -2.20. The van der Waals surface area contributed by atoms with E-state index in [0.29, 0.717) is 16.8 Å². The van der Waals surface area contributed by atoms with Crippen molar-refractivity contribution in [2.75, 3.05) is 5.32 Å². The zero-order chi connectivity index (χ0) is 22.2. The van der Waals surface area contributed by atoms with Crippen LogP contribution in [0.25, 0.3) is 0 Å². The highest BCUT2D eigenvalue weighted by atomic mass is 32.1. The normalized spacial score (nSPS) is 13.7. The lowest BCUT2D eigenvalue weighted by atomic mass is 9.88. The summed E-state index contributed by atoms with van der Waals surface area (Å²) in [6.07, 6.45) is 5.24. The first-order valence-electron chi connectivity index (χ1n) is 10.3. The number of hydrogen-bond acceptors (Lipinski definition) is 4. The van der Waals surface area contributed by atoms with Crippen molar-refractivity contribution in [1.29, 1.82) is 0 Å². The fourth-order valence-corrected chi connectivity index (χ4v) is 3.64. The lowest BCUT2D eigenvalue weighted by Crippen LogP contribution is -2.48. The molecule has 3 amide bonds. The molecular weight excluding hydrogens is 412 g/mol. The van der Waals surface area contributed by atoms with Gasteiger partial charge in [-0.3, -0.25) is 30.6 Å². The molecule has 2 aromatic rings. The van der Waals surface area contributed by atoms with Crippen molar-refractivity contribution in [3.63, 3.8) is 0 Å². The Morgan fingerprint density at radius 1 is 0.871 bits per heavy atom. The first-order chi connectivity index (χ1) is 14.9. The van der Waals surface area contributed by atoms with Crippen LogP contribution in [0.5, 0.6) is 0 Å². The summed E-state index contributed by atoms with van der Waals surface area (Å²) in [7, 11) is 0. The third-order valence-electron chi connectivity index (χ3n) is 5.19. The summed E-state index contributed by atoms with van der Waals surface area (Å²) < 4.78 is 0. The van der Waals surface area contributed by atoms with Crippen molar-refractivity contribution in [1.82, 2.24) is 16.2 Å². The van der Waals surface area contributed by atoms with Gasteiger partial charge in [-0.25, -0.2) is 0 Å². The molecule has 0 heterocycles. The molecule has 4 N–H and O–H groups in total. The number of nitrogens with one attached hydrogen (secondary N) is 4. The number of anilines is 1. The van der Waals surface area contributed by atoms with Crippen molar-refractivity contribution in [3.05, 3.63) is 65.2 Å². The average molecular weight is 439 g/mol. The van der Waals surface area contributed by atoms with Crippen molar-refractivity contribution in [2.45, 2.75) is 39.0 Å². The number of thiocarbonyl (C=S) groups is 1. The van der Waals surface area contributed by atoms with Gasteiger partial charge in [-0.2, -0.15) is 0 Å². The molecule has 0 atom stereocenters. The predicted molar refractivity (Wildman–Crippen MR) is 123 cm³/mol. The molecule has 0 bridgehead atoms. The van der Waals surface area contributed by atoms with Crippen molar-refractivity contribution >= 4 is 40.7 Å². The molecule has 0 saturated heterocycles. The van der Waals surface area contributed by atoms with Gasteiger partial charge in [-0.1, -0.05) is 37.0 Å². The monoisotopic (exact) mass is 438 g/mol. The van der Waals surface area contributed by atoms with Gasteiger partial charge in [0.2, 0.25) is 5.91 Å². The van der Waals surface area contributed by atoms with Gasteiger partial charge in [0.05, 0.1) is 0 Å². The first-order valence-corrected chi connectivity index (χ1v) is 10.7. The average Bonchev–Trinajstić information content (AvgIpc) is 2.78. The van der Waals surface area contributed by atoms with E-state index in [1.54, 1.807) is 42.5 Å². The molecule has 0 aliphatic heterocycles. The van der Waals surface area contributed by atoms with E-state index in [0.717, 1.165) is 31.2 Å². The molecule has 0 unspecified atom stereocenters. The summed E-state index contributed by atoms with van der Waals surface area (Å²) in [4.78, 5) is 36.8. The van der Waals surface area contributed by atoms with Gasteiger partial charge in [-0.05, 0) is 68.4 Å². The highest BCUT2D eigenvalue weighted by molar-refractivity contribution is 7.80. The molecule has 8 heteroatoms. The quantitative estimate of drug-likeness (QED) is 0.433. The van der Waals surface area contributed by atoms with E-state index >= 15 is 0 Å². The van der Waals surface area contributed by atoms with Crippen LogP contribution in [0.15, 0.2) is 48.5 Å². The standard InChI is InChI=1S/C23H26N4O3S/c1-15-6-5-9-18(14-15)21(29)25-23(31)27-26-22(30)17-10-12-19(13-11-17)24-20(28)16-7-3-2-4-8-16/h5-6,9-14,16H,2-4,7-8H2,1H3,(H,24,28)(H,26,30)(H2,25,27,29,31). The van der Waals surface area contributed by atoms with Gasteiger partial charge >= 0.3 is 0 Å². The van der Waals surface area contributed by atoms with Crippen LogP contribution in [0.2, 0.25) is 0 Å². The zero-order valence-electron chi connectivity index (χ0n) is 17.4. The molecule has 1 fully saturated rings. The van der Waals surface area contributed by atoms with Gasteiger partial charge in [0.25, 0.3) is 11.8 Å². The van der Waals surface area contributed by atoms with Crippen LogP contribution < -0.4 is 21.5 Å². The van der Waals surface area contributed by atoms with E-state index in [9.17, 15) is 14.4 Å². The number of carbonyl (C=O) groups excluding carboxylic acids is 3. The number of benzene rings is 2. The van der Waals surface area contributed by atoms with Crippen LogP contribution >= 0.6 is 12.2 Å². The summed E-state index contributed by atoms with van der Waals surface area (Å²) >= 11 is 5.06. The fraction of sp³-hybridized carbons (Fsp3) is 0.304. The SMILES string of the molecule is Cc1cccc(C(=O)NC(=S)NNC(=O)c2ccc(NC(=O)C3CCCCC3)cc2)c1. The fourth-order valence-electron chi connectivity index (χ4n) is 3.49. The molecule has 3 rings (SSSR count). The molecule has 162 valence electrons. The Kier molecular flexibility index (Phi) is 7.72. The zero-order valence-corrected chi connectivity index (χ0v) is 18.2. The maximum absolute atomic E-state index is 12.3. The van der Waals surface area contributed by atoms with Gasteiger partial charge < -0.3 is 5.32 Å². The van der Waals surface area contributed by atoms with Gasteiger partial charge in [0.1, 0.15) is 0 Å². The summed E-state index contributed by atoms with van der Waals surface area (Å²) in [5.74, 6) is -0.684. The summed E-state index contributed by atoms with van der Waals surface area (Å²) in [5.41, 5.74) is 7.43. The number of aryl methyl sites for hydroxylation is 1. The lowest BCUT2D eigenvalue weighted by molar-refractivity contribution is -0.120. The maximum atomic E-state index is 12.3. The van der Waals surface area contributed by atoms with Gasteiger partial charge in [-0.15, -0.1) is 0 Å². The number of hydrazine groups is 1. The Morgan fingerprint density at radius 3 is 2.26 bits per heavy atom. The predicted octanol–water partition coefficient (Wildman–Crippen LogP) is 3.46. The summed E-state index contributed by atoms with van der Waals surface area (Å²) in [5, 5.41) is 5.41. The second kappa shape index (κ2) is 10.7. The molecule has 2 aromatic carbocycles. The van der Waals surface area contributed by atoms with Crippen LogP contribution in [-0.4, -0.2) is 22.8 Å². The third-order valence-corrected chi connectivity index (χ3v) is 5.39. The topological polar surface area (TPSA) is 99.3 Å². The Labute approximate surface area is 187 Å². The number of carbonyl (C=O) groups is 3. The minimum atomic E-state index is -0.419. The Balaban J connectivity index is 1.46. The molecule has 0 aromatic heterocycles. The van der Waals surface area contributed by atoms with E-state index in [-0.39, 0.29) is 22.8 Å². The van der Waals surface area contributed by atoms with Crippen molar-refractivity contribution in [3.8, 4) is 0 Å². The largest absolute Gasteiger partial charge is 0.326 e. The van der Waals surface area contributed by atoms with Gasteiger partial charge in [0, 0.05) is 22.7 Å². The van der Waals surface area contributed by atoms with Crippen LogP contribution in [0.4, 0.5) is 5.69 Å². The molecule has 1 saturated carbocycles. The Morgan fingerprint density at radius 2 is 1.58 bits per heavy atom.